The fraction of sp³-hybridized carbons (Fsp3) is 0.346. The maximum atomic E-state index is 12.0. The summed E-state index contributed by atoms with van der Waals surface area (Å²) >= 11 is 0. The lowest BCUT2D eigenvalue weighted by atomic mass is 9.74. The lowest BCUT2D eigenvalue weighted by Crippen LogP contribution is -2.43. The molecule has 0 fully saturated rings. The van der Waals surface area contributed by atoms with Crippen molar-refractivity contribution in [2.45, 2.75) is 31.8 Å². The summed E-state index contributed by atoms with van der Waals surface area (Å²) in [6.45, 7) is 4.82. The smallest absolute Gasteiger partial charge is 0.407 e. The van der Waals surface area contributed by atoms with Gasteiger partial charge >= 0.3 is 6.09 Å². The predicted molar refractivity (Wildman–Crippen MR) is 124 cm³/mol. The summed E-state index contributed by atoms with van der Waals surface area (Å²) in [6.07, 6.45) is -0.289. The van der Waals surface area contributed by atoms with E-state index in [9.17, 15) is 9.90 Å². The third-order valence-electron chi connectivity index (χ3n) is 6.54. The summed E-state index contributed by atoms with van der Waals surface area (Å²) in [4.78, 5) is 13.4. The Hall–Kier alpha value is -3.25. The van der Waals surface area contributed by atoms with Crippen LogP contribution in [0.2, 0.25) is 0 Å². The van der Waals surface area contributed by atoms with Gasteiger partial charge in [0, 0.05) is 26.1 Å². The molecule has 6 nitrogen and oxygen atoms in total. The second-order valence-corrected chi connectivity index (χ2v) is 8.00. The van der Waals surface area contributed by atoms with Crippen molar-refractivity contribution in [2.75, 3.05) is 27.0 Å². The van der Waals surface area contributed by atoms with Crippen LogP contribution in [-0.2, 0) is 10.3 Å². The van der Waals surface area contributed by atoms with E-state index in [-0.39, 0.29) is 12.7 Å². The van der Waals surface area contributed by atoms with Crippen LogP contribution < -0.4 is 9.47 Å². The Bertz CT molecular complexity index is 1110. The Kier molecular flexibility index (Phi) is 6.24. The molecule has 1 aliphatic heterocycles. The van der Waals surface area contributed by atoms with Gasteiger partial charge in [-0.25, -0.2) is 4.79 Å². The van der Waals surface area contributed by atoms with Gasteiger partial charge in [-0.1, -0.05) is 55.5 Å². The van der Waals surface area contributed by atoms with Gasteiger partial charge in [0.2, 0.25) is 6.79 Å². The van der Waals surface area contributed by atoms with Crippen LogP contribution in [-0.4, -0.2) is 43.1 Å². The van der Waals surface area contributed by atoms with Gasteiger partial charge in [-0.15, -0.1) is 0 Å². The number of ether oxygens (including phenoxy) is 3. The summed E-state index contributed by atoms with van der Waals surface area (Å²) in [6, 6.07) is 20.3. The molecule has 2 unspecified atom stereocenters. The molecule has 0 saturated carbocycles. The number of hydrogen-bond donors (Lipinski definition) is 1. The van der Waals surface area contributed by atoms with Crippen LogP contribution in [0.1, 0.15) is 37.3 Å². The molecule has 168 valence electrons. The lowest BCUT2D eigenvalue weighted by Gasteiger charge is -2.42. The van der Waals surface area contributed by atoms with Gasteiger partial charge in [0.25, 0.3) is 0 Å². The Balaban J connectivity index is 1.87. The Labute approximate surface area is 188 Å². The average molecular weight is 436 g/mol. The molecule has 0 spiro atoms. The Morgan fingerprint density at radius 1 is 1.06 bits per heavy atom. The molecule has 2 atom stereocenters. The zero-order valence-corrected chi connectivity index (χ0v) is 18.7. The van der Waals surface area contributed by atoms with Crippen molar-refractivity contribution in [3.05, 3.63) is 71.8 Å². The minimum atomic E-state index is -0.940. The molecule has 1 amide bonds. The quantitative estimate of drug-likeness (QED) is 0.499. The fourth-order valence-corrected chi connectivity index (χ4v) is 4.73. The van der Waals surface area contributed by atoms with Crippen molar-refractivity contribution < 1.29 is 24.1 Å². The summed E-state index contributed by atoms with van der Waals surface area (Å²) < 4.78 is 17.4. The standard InChI is InChI=1S/C26H29NO5/c1-4-26(30-3,21-12-13-23-24(15-21)32-17-31-23)22(16-27(5-2)25(28)29)20-11-10-18-8-6-7-9-19(18)14-20/h6-15,22H,4-5,16-17H2,1-3H3,(H,28,29). The molecule has 0 aliphatic carbocycles. The van der Waals surface area contributed by atoms with Crippen molar-refractivity contribution >= 4 is 16.9 Å². The third-order valence-corrected chi connectivity index (χ3v) is 6.54. The van der Waals surface area contributed by atoms with E-state index in [1.807, 2.05) is 37.3 Å². The minimum absolute atomic E-state index is 0.196. The van der Waals surface area contributed by atoms with E-state index >= 15 is 0 Å². The summed E-state index contributed by atoms with van der Waals surface area (Å²) in [5.41, 5.74) is 1.21. The van der Waals surface area contributed by atoms with Gasteiger partial charge < -0.3 is 24.2 Å². The van der Waals surface area contributed by atoms with Crippen molar-refractivity contribution in [3.63, 3.8) is 0 Å². The number of nitrogens with zero attached hydrogens (tertiary/aromatic N) is 1. The van der Waals surface area contributed by atoms with Crippen LogP contribution in [0, 0.1) is 0 Å². The third kappa shape index (κ3) is 3.86. The minimum Gasteiger partial charge on any atom is -0.465 e. The monoisotopic (exact) mass is 435 g/mol. The molecule has 0 radical (unpaired) electrons. The van der Waals surface area contributed by atoms with Crippen molar-refractivity contribution in [1.82, 2.24) is 4.90 Å². The Morgan fingerprint density at radius 2 is 1.81 bits per heavy atom. The first-order valence-corrected chi connectivity index (χ1v) is 10.9. The highest BCUT2D eigenvalue weighted by Crippen LogP contribution is 2.46. The van der Waals surface area contributed by atoms with Gasteiger partial charge in [-0.3, -0.25) is 0 Å². The molecule has 0 bridgehead atoms. The number of benzene rings is 3. The summed E-state index contributed by atoms with van der Waals surface area (Å²) in [7, 11) is 1.69. The molecule has 1 N–H and O–H groups in total. The highest BCUT2D eigenvalue weighted by atomic mass is 16.7. The van der Waals surface area contributed by atoms with Gasteiger partial charge in [-0.2, -0.15) is 0 Å². The predicted octanol–water partition coefficient (Wildman–Crippen LogP) is 5.60. The highest BCUT2D eigenvalue weighted by molar-refractivity contribution is 5.83. The SMILES string of the molecule is CCN(CC(c1ccc2ccccc2c1)C(CC)(OC)c1ccc2c(c1)OCO2)C(=O)O. The lowest BCUT2D eigenvalue weighted by molar-refractivity contribution is -0.0487. The molecule has 4 rings (SSSR count). The van der Waals surface area contributed by atoms with Crippen molar-refractivity contribution in [1.29, 1.82) is 0 Å². The number of amides is 1. The van der Waals surface area contributed by atoms with Gasteiger partial charge in [0.15, 0.2) is 11.5 Å². The van der Waals surface area contributed by atoms with Crippen LogP contribution in [0.4, 0.5) is 4.79 Å². The second kappa shape index (κ2) is 9.09. The number of likely N-dealkylation sites (N-methyl/N-ethyl adjacent to an activating group) is 1. The van der Waals surface area contributed by atoms with E-state index in [2.05, 4.69) is 37.3 Å². The van der Waals surface area contributed by atoms with E-state index in [1.165, 1.54) is 4.90 Å². The molecule has 3 aromatic rings. The normalized spacial score (nSPS) is 15.3. The maximum absolute atomic E-state index is 12.0. The Morgan fingerprint density at radius 3 is 2.50 bits per heavy atom. The zero-order chi connectivity index (χ0) is 22.7. The largest absolute Gasteiger partial charge is 0.465 e. The number of carbonyl (C=O) groups is 1. The molecule has 0 saturated heterocycles. The molecular formula is C26H29NO5. The molecule has 6 heteroatoms. The number of methoxy groups -OCH3 is 1. The van der Waals surface area contributed by atoms with Gasteiger partial charge in [0.05, 0.1) is 0 Å². The number of fused-ring (bicyclic) bond motifs is 2. The van der Waals surface area contributed by atoms with E-state index in [4.69, 9.17) is 14.2 Å². The number of carboxylic acid groups (broad SMARTS) is 1. The van der Waals surface area contributed by atoms with Gasteiger partial charge in [-0.05, 0) is 47.4 Å². The topological polar surface area (TPSA) is 68.2 Å². The van der Waals surface area contributed by atoms with Crippen LogP contribution in [0.25, 0.3) is 10.8 Å². The van der Waals surface area contributed by atoms with E-state index in [0.29, 0.717) is 31.0 Å². The molecule has 32 heavy (non-hydrogen) atoms. The maximum Gasteiger partial charge on any atom is 0.407 e. The zero-order valence-electron chi connectivity index (χ0n) is 18.7. The van der Waals surface area contributed by atoms with Crippen LogP contribution in [0.5, 0.6) is 11.5 Å². The first kappa shape index (κ1) is 22.0. The molecule has 3 aromatic carbocycles. The van der Waals surface area contributed by atoms with E-state index in [0.717, 1.165) is 21.9 Å². The van der Waals surface area contributed by atoms with Crippen LogP contribution >= 0.6 is 0 Å². The first-order valence-electron chi connectivity index (χ1n) is 10.9. The van der Waals surface area contributed by atoms with Crippen LogP contribution in [0.3, 0.4) is 0 Å². The highest BCUT2D eigenvalue weighted by Gasteiger charge is 2.42. The van der Waals surface area contributed by atoms with E-state index in [1.54, 1.807) is 7.11 Å². The van der Waals surface area contributed by atoms with Crippen molar-refractivity contribution in [3.8, 4) is 11.5 Å². The summed E-state index contributed by atoms with van der Waals surface area (Å²) in [5.74, 6) is 1.15. The molecular weight excluding hydrogens is 406 g/mol. The molecule has 1 heterocycles. The van der Waals surface area contributed by atoms with E-state index < -0.39 is 11.7 Å². The van der Waals surface area contributed by atoms with Crippen LogP contribution in [0.15, 0.2) is 60.7 Å². The number of rotatable bonds is 8. The molecule has 0 aromatic heterocycles. The summed E-state index contributed by atoms with van der Waals surface area (Å²) in [5, 5.41) is 12.1. The fourth-order valence-electron chi connectivity index (χ4n) is 4.73. The second-order valence-electron chi connectivity index (χ2n) is 8.00. The van der Waals surface area contributed by atoms with Gasteiger partial charge in [0.1, 0.15) is 5.60 Å². The first-order chi connectivity index (χ1) is 15.5. The average Bonchev–Trinajstić information content (AvgIpc) is 3.29. The van der Waals surface area contributed by atoms with Crippen molar-refractivity contribution in [2.24, 2.45) is 0 Å². The molecule has 1 aliphatic rings. The number of hydrogen-bond acceptors (Lipinski definition) is 4.